The second-order valence-electron chi connectivity index (χ2n) is 5.87. The summed E-state index contributed by atoms with van der Waals surface area (Å²) in [6.07, 6.45) is 0. The van der Waals surface area contributed by atoms with E-state index in [2.05, 4.69) is 24.1 Å². The maximum atomic E-state index is 12.5. The normalized spacial score (nSPS) is 12.4. The summed E-state index contributed by atoms with van der Waals surface area (Å²) in [5.74, 6) is 0.998. The Balaban J connectivity index is 1.56. The lowest BCUT2D eigenvalue weighted by molar-refractivity contribution is 0.102. The molecule has 1 aliphatic heterocycles. The van der Waals surface area contributed by atoms with Crippen molar-refractivity contribution < 1.29 is 18.7 Å². The van der Waals surface area contributed by atoms with E-state index in [0.29, 0.717) is 39.9 Å². The van der Waals surface area contributed by atoms with E-state index in [4.69, 9.17) is 13.9 Å². The van der Waals surface area contributed by atoms with Crippen LogP contribution < -0.4 is 19.7 Å². The third kappa shape index (κ3) is 2.92. The number of amides is 1. The van der Waals surface area contributed by atoms with Crippen molar-refractivity contribution in [2.75, 3.05) is 30.1 Å². The molecule has 0 saturated heterocycles. The Morgan fingerprint density at radius 3 is 2.73 bits per heavy atom. The van der Waals surface area contributed by atoms with E-state index in [1.807, 2.05) is 11.0 Å². The van der Waals surface area contributed by atoms with Crippen LogP contribution in [0.1, 0.15) is 24.2 Å². The van der Waals surface area contributed by atoms with Gasteiger partial charge in [-0.2, -0.15) is 4.98 Å². The fraction of sp³-hybridized carbons (Fsp3) is 0.263. The molecular weight excluding hydrogens is 334 g/mol. The van der Waals surface area contributed by atoms with Crippen molar-refractivity contribution in [2.24, 2.45) is 0 Å². The lowest BCUT2D eigenvalue weighted by Crippen LogP contribution is -2.21. The lowest BCUT2D eigenvalue weighted by atomic mass is 10.2. The minimum atomic E-state index is -0.227. The van der Waals surface area contributed by atoms with Crippen LogP contribution in [0.4, 0.5) is 11.7 Å². The second kappa shape index (κ2) is 6.59. The van der Waals surface area contributed by atoms with E-state index in [-0.39, 0.29) is 12.7 Å². The zero-order chi connectivity index (χ0) is 18.1. The van der Waals surface area contributed by atoms with Crippen LogP contribution in [-0.2, 0) is 0 Å². The van der Waals surface area contributed by atoms with Gasteiger partial charge in [0.2, 0.25) is 6.79 Å². The molecule has 0 fully saturated rings. The van der Waals surface area contributed by atoms with Crippen LogP contribution in [0.3, 0.4) is 0 Å². The topological polar surface area (TPSA) is 76.8 Å². The average Bonchev–Trinajstić information content (AvgIpc) is 3.28. The summed E-state index contributed by atoms with van der Waals surface area (Å²) >= 11 is 0. The number of oxazole rings is 1. The predicted octanol–water partition coefficient (Wildman–Crippen LogP) is 3.66. The molecule has 2 aromatic carbocycles. The highest BCUT2D eigenvalue weighted by Crippen LogP contribution is 2.33. The summed E-state index contributed by atoms with van der Waals surface area (Å²) in [7, 11) is 0. The number of hydrogen-bond donors (Lipinski definition) is 1. The van der Waals surface area contributed by atoms with Crippen LogP contribution in [0.2, 0.25) is 0 Å². The minimum absolute atomic E-state index is 0.179. The molecule has 0 bridgehead atoms. The number of benzene rings is 2. The quantitative estimate of drug-likeness (QED) is 0.754. The Hall–Kier alpha value is -3.22. The first kappa shape index (κ1) is 16.3. The van der Waals surface area contributed by atoms with Gasteiger partial charge >= 0.3 is 0 Å². The van der Waals surface area contributed by atoms with Gasteiger partial charge in [0.25, 0.3) is 11.9 Å². The van der Waals surface area contributed by atoms with Gasteiger partial charge in [-0.25, -0.2) is 0 Å². The number of nitrogens with zero attached hydrogens (tertiary/aromatic N) is 2. The van der Waals surface area contributed by atoms with Crippen LogP contribution in [0, 0.1) is 0 Å². The van der Waals surface area contributed by atoms with Gasteiger partial charge in [0.15, 0.2) is 17.1 Å². The van der Waals surface area contributed by atoms with Crippen molar-refractivity contribution in [1.82, 2.24) is 4.98 Å². The van der Waals surface area contributed by atoms with E-state index in [1.165, 1.54) is 0 Å². The predicted molar refractivity (Wildman–Crippen MR) is 98.1 cm³/mol. The molecular formula is C19H19N3O4. The fourth-order valence-electron chi connectivity index (χ4n) is 2.86. The first-order chi connectivity index (χ1) is 12.7. The molecule has 0 aliphatic carbocycles. The number of carbonyl (C=O) groups excluding carboxylic acids is 1. The Labute approximate surface area is 150 Å². The SMILES string of the molecule is CCN(CC)c1nc2cc(NC(=O)c3ccc4c(c3)OCO4)ccc2o1. The molecule has 4 rings (SSSR count). The van der Waals surface area contributed by atoms with Gasteiger partial charge in [0.1, 0.15) is 5.52 Å². The molecule has 1 aromatic heterocycles. The Kier molecular flexibility index (Phi) is 4.12. The highest BCUT2D eigenvalue weighted by atomic mass is 16.7. The summed E-state index contributed by atoms with van der Waals surface area (Å²) in [5, 5.41) is 2.88. The molecule has 2 heterocycles. The van der Waals surface area contributed by atoms with Crippen molar-refractivity contribution >= 4 is 28.7 Å². The van der Waals surface area contributed by atoms with Crippen molar-refractivity contribution in [3.8, 4) is 11.5 Å². The van der Waals surface area contributed by atoms with Gasteiger partial charge in [0.05, 0.1) is 0 Å². The van der Waals surface area contributed by atoms with Gasteiger partial charge in [-0.3, -0.25) is 4.79 Å². The summed E-state index contributed by atoms with van der Waals surface area (Å²) in [5.41, 5.74) is 2.54. The summed E-state index contributed by atoms with van der Waals surface area (Å²) in [4.78, 5) is 19.0. The van der Waals surface area contributed by atoms with Crippen LogP contribution in [0.25, 0.3) is 11.1 Å². The second-order valence-corrected chi connectivity index (χ2v) is 5.87. The van der Waals surface area contributed by atoms with Crippen molar-refractivity contribution in [3.63, 3.8) is 0 Å². The molecule has 7 nitrogen and oxygen atoms in total. The van der Waals surface area contributed by atoms with Gasteiger partial charge < -0.3 is 24.1 Å². The van der Waals surface area contributed by atoms with Crippen LogP contribution in [0.15, 0.2) is 40.8 Å². The van der Waals surface area contributed by atoms with Gasteiger partial charge in [-0.15, -0.1) is 0 Å². The molecule has 26 heavy (non-hydrogen) atoms. The highest BCUT2D eigenvalue weighted by Gasteiger charge is 2.17. The molecule has 1 aliphatic rings. The largest absolute Gasteiger partial charge is 0.454 e. The third-order valence-electron chi connectivity index (χ3n) is 4.30. The van der Waals surface area contributed by atoms with Gasteiger partial charge in [-0.1, -0.05) is 0 Å². The first-order valence-electron chi connectivity index (χ1n) is 8.54. The molecule has 7 heteroatoms. The zero-order valence-corrected chi connectivity index (χ0v) is 14.6. The Bertz CT molecular complexity index is 963. The maximum absolute atomic E-state index is 12.5. The molecule has 0 atom stereocenters. The van der Waals surface area contributed by atoms with Crippen LogP contribution in [0.5, 0.6) is 11.5 Å². The molecule has 3 aromatic rings. The van der Waals surface area contributed by atoms with Crippen molar-refractivity contribution in [1.29, 1.82) is 0 Å². The van der Waals surface area contributed by atoms with E-state index >= 15 is 0 Å². The highest BCUT2D eigenvalue weighted by molar-refractivity contribution is 6.05. The number of hydrogen-bond acceptors (Lipinski definition) is 6. The molecule has 1 N–H and O–H groups in total. The Morgan fingerprint density at radius 1 is 1.12 bits per heavy atom. The molecule has 0 unspecified atom stereocenters. The van der Waals surface area contributed by atoms with Gasteiger partial charge in [-0.05, 0) is 50.2 Å². The van der Waals surface area contributed by atoms with Gasteiger partial charge in [0, 0.05) is 24.3 Å². The molecule has 0 saturated carbocycles. The number of carbonyl (C=O) groups is 1. The fourth-order valence-corrected chi connectivity index (χ4v) is 2.86. The van der Waals surface area contributed by atoms with Crippen LogP contribution >= 0.6 is 0 Å². The standard InChI is InChI=1S/C19H19N3O4/c1-3-22(4-2)19-21-14-10-13(6-8-15(14)26-19)20-18(23)12-5-7-16-17(9-12)25-11-24-16/h5-10H,3-4,11H2,1-2H3,(H,20,23). The molecule has 134 valence electrons. The van der Waals surface area contributed by atoms with E-state index in [1.54, 1.807) is 30.3 Å². The summed E-state index contributed by atoms with van der Waals surface area (Å²) < 4.78 is 16.4. The monoisotopic (exact) mass is 353 g/mol. The maximum Gasteiger partial charge on any atom is 0.298 e. The molecule has 0 spiro atoms. The van der Waals surface area contributed by atoms with Crippen molar-refractivity contribution in [3.05, 3.63) is 42.0 Å². The van der Waals surface area contributed by atoms with E-state index in [0.717, 1.165) is 13.1 Å². The number of fused-ring (bicyclic) bond motifs is 2. The number of nitrogens with one attached hydrogen (secondary N) is 1. The first-order valence-corrected chi connectivity index (χ1v) is 8.54. The molecule has 1 amide bonds. The number of rotatable bonds is 5. The number of ether oxygens (including phenoxy) is 2. The minimum Gasteiger partial charge on any atom is -0.454 e. The number of anilines is 2. The van der Waals surface area contributed by atoms with E-state index < -0.39 is 0 Å². The zero-order valence-electron chi connectivity index (χ0n) is 14.6. The molecule has 0 radical (unpaired) electrons. The number of aromatic nitrogens is 1. The summed E-state index contributed by atoms with van der Waals surface area (Å²) in [6, 6.07) is 11.1. The average molecular weight is 353 g/mol. The smallest absolute Gasteiger partial charge is 0.298 e. The Morgan fingerprint density at radius 2 is 1.92 bits per heavy atom. The third-order valence-corrected chi connectivity index (χ3v) is 4.30. The summed E-state index contributed by atoms with van der Waals surface area (Å²) in [6.45, 7) is 5.91. The van der Waals surface area contributed by atoms with Crippen molar-refractivity contribution in [2.45, 2.75) is 13.8 Å². The lowest BCUT2D eigenvalue weighted by Gasteiger charge is -2.14. The van der Waals surface area contributed by atoms with Crippen LogP contribution in [-0.4, -0.2) is 30.8 Å². The van der Waals surface area contributed by atoms with E-state index in [9.17, 15) is 4.79 Å².